The van der Waals surface area contributed by atoms with Gasteiger partial charge in [0, 0.05) is 12.5 Å². The molecule has 0 aliphatic heterocycles. The minimum atomic E-state index is 0.277. The fourth-order valence-electron chi connectivity index (χ4n) is 2.43. The largest absolute Gasteiger partial charge is 0.497 e. The Labute approximate surface area is 126 Å². The Morgan fingerprint density at radius 2 is 1.81 bits per heavy atom. The van der Waals surface area contributed by atoms with Gasteiger partial charge < -0.3 is 14.8 Å². The summed E-state index contributed by atoms with van der Waals surface area (Å²) < 4.78 is 11.0. The number of para-hydroxylation sites is 1. The summed E-state index contributed by atoms with van der Waals surface area (Å²) in [6.07, 6.45) is 0.915. The van der Waals surface area contributed by atoms with Gasteiger partial charge in [0.05, 0.1) is 13.7 Å². The van der Waals surface area contributed by atoms with E-state index in [1.165, 1.54) is 11.1 Å². The molecule has 3 heteroatoms. The molecular weight excluding hydrogens is 262 g/mol. The molecule has 2 rings (SSSR count). The molecule has 21 heavy (non-hydrogen) atoms. The SMILES string of the molecule is CNC(CCOc1ccccc1)c1ccc(OC)cc1C. The van der Waals surface area contributed by atoms with Gasteiger partial charge in [0.2, 0.25) is 0 Å². The predicted molar refractivity (Wildman–Crippen MR) is 86.1 cm³/mol. The van der Waals surface area contributed by atoms with E-state index < -0.39 is 0 Å². The topological polar surface area (TPSA) is 30.5 Å². The molecule has 0 fully saturated rings. The third-order valence-electron chi connectivity index (χ3n) is 3.62. The highest BCUT2D eigenvalue weighted by atomic mass is 16.5. The van der Waals surface area contributed by atoms with Crippen LogP contribution in [0, 0.1) is 6.92 Å². The van der Waals surface area contributed by atoms with E-state index in [1.807, 2.05) is 43.4 Å². The summed E-state index contributed by atoms with van der Waals surface area (Å²) in [5.41, 5.74) is 2.52. The average Bonchev–Trinajstić information content (AvgIpc) is 2.53. The van der Waals surface area contributed by atoms with E-state index in [2.05, 4.69) is 24.4 Å². The van der Waals surface area contributed by atoms with Crippen LogP contribution < -0.4 is 14.8 Å². The Balaban J connectivity index is 1.96. The fourth-order valence-corrected chi connectivity index (χ4v) is 2.43. The lowest BCUT2D eigenvalue weighted by atomic mass is 9.99. The Kier molecular flexibility index (Phi) is 5.64. The summed E-state index contributed by atoms with van der Waals surface area (Å²) in [4.78, 5) is 0. The second kappa shape index (κ2) is 7.70. The van der Waals surface area contributed by atoms with Crippen LogP contribution in [0.2, 0.25) is 0 Å². The van der Waals surface area contributed by atoms with Crippen molar-refractivity contribution in [2.75, 3.05) is 20.8 Å². The quantitative estimate of drug-likeness (QED) is 0.840. The molecule has 0 aliphatic rings. The second-order valence-electron chi connectivity index (χ2n) is 5.01. The van der Waals surface area contributed by atoms with Gasteiger partial charge in [0.15, 0.2) is 0 Å². The molecule has 0 aliphatic carbocycles. The van der Waals surface area contributed by atoms with Crippen LogP contribution in [-0.2, 0) is 0 Å². The standard InChI is InChI=1S/C18H23NO2/c1-14-13-16(20-3)9-10-17(14)18(19-2)11-12-21-15-7-5-4-6-8-15/h4-10,13,18-19H,11-12H2,1-3H3. The van der Waals surface area contributed by atoms with Crippen LogP contribution in [0.3, 0.4) is 0 Å². The molecule has 112 valence electrons. The van der Waals surface area contributed by atoms with Gasteiger partial charge in [-0.25, -0.2) is 0 Å². The molecule has 2 aromatic carbocycles. The van der Waals surface area contributed by atoms with Crippen LogP contribution >= 0.6 is 0 Å². The van der Waals surface area contributed by atoms with Crippen molar-refractivity contribution in [3.8, 4) is 11.5 Å². The average molecular weight is 285 g/mol. The maximum atomic E-state index is 5.78. The van der Waals surface area contributed by atoms with E-state index in [9.17, 15) is 0 Å². The first-order valence-corrected chi connectivity index (χ1v) is 7.24. The molecule has 1 unspecified atom stereocenters. The van der Waals surface area contributed by atoms with Crippen LogP contribution in [0.15, 0.2) is 48.5 Å². The molecule has 2 aromatic rings. The van der Waals surface area contributed by atoms with Crippen LogP contribution in [-0.4, -0.2) is 20.8 Å². The third-order valence-corrected chi connectivity index (χ3v) is 3.62. The van der Waals surface area contributed by atoms with E-state index in [-0.39, 0.29) is 6.04 Å². The van der Waals surface area contributed by atoms with Crippen LogP contribution in [0.5, 0.6) is 11.5 Å². The monoisotopic (exact) mass is 285 g/mol. The van der Waals surface area contributed by atoms with Crippen LogP contribution in [0.4, 0.5) is 0 Å². The number of rotatable bonds is 7. The minimum Gasteiger partial charge on any atom is -0.497 e. The maximum absolute atomic E-state index is 5.78. The molecular formula is C18H23NO2. The molecule has 0 saturated carbocycles. The molecule has 0 radical (unpaired) electrons. The number of benzene rings is 2. The summed E-state index contributed by atoms with van der Waals surface area (Å²) in [6, 6.07) is 16.4. The van der Waals surface area contributed by atoms with Gasteiger partial charge in [-0.05, 0) is 49.4 Å². The van der Waals surface area contributed by atoms with E-state index in [0.29, 0.717) is 6.61 Å². The Morgan fingerprint density at radius 1 is 1.05 bits per heavy atom. The summed E-state index contributed by atoms with van der Waals surface area (Å²) in [7, 11) is 3.68. The van der Waals surface area contributed by atoms with Crippen molar-refractivity contribution in [1.29, 1.82) is 0 Å². The summed E-state index contributed by atoms with van der Waals surface area (Å²) in [6.45, 7) is 2.79. The Morgan fingerprint density at radius 3 is 2.43 bits per heavy atom. The third kappa shape index (κ3) is 4.23. The molecule has 0 spiro atoms. The molecule has 0 amide bonds. The zero-order valence-corrected chi connectivity index (χ0v) is 12.9. The number of ether oxygens (including phenoxy) is 2. The zero-order valence-electron chi connectivity index (χ0n) is 12.9. The summed E-state index contributed by atoms with van der Waals surface area (Å²) in [5.74, 6) is 1.81. The van der Waals surface area contributed by atoms with Crippen molar-refractivity contribution < 1.29 is 9.47 Å². The van der Waals surface area contributed by atoms with E-state index in [4.69, 9.17) is 9.47 Å². The summed E-state index contributed by atoms with van der Waals surface area (Å²) in [5, 5.41) is 3.36. The van der Waals surface area contributed by atoms with Gasteiger partial charge >= 0.3 is 0 Å². The lowest BCUT2D eigenvalue weighted by molar-refractivity contribution is 0.290. The lowest BCUT2D eigenvalue weighted by Gasteiger charge is -2.19. The maximum Gasteiger partial charge on any atom is 0.119 e. The second-order valence-corrected chi connectivity index (χ2v) is 5.01. The minimum absolute atomic E-state index is 0.277. The first-order chi connectivity index (χ1) is 10.2. The number of hydrogen-bond acceptors (Lipinski definition) is 3. The van der Waals surface area contributed by atoms with E-state index >= 15 is 0 Å². The Hall–Kier alpha value is -2.00. The zero-order chi connectivity index (χ0) is 15.1. The van der Waals surface area contributed by atoms with E-state index in [0.717, 1.165) is 17.9 Å². The van der Waals surface area contributed by atoms with Crippen LogP contribution in [0.25, 0.3) is 0 Å². The number of aryl methyl sites for hydroxylation is 1. The van der Waals surface area contributed by atoms with Crippen LogP contribution in [0.1, 0.15) is 23.6 Å². The molecule has 0 aromatic heterocycles. The number of hydrogen-bond donors (Lipinski definition) is 1. The number of methoxy groups -OCH3 is 1. The lowest BCUT2D eigenvalue weighted by Crippen LogP contribution is -2.20. The molecule has 1 atom stereocenters. The molecule has 3 nitrogen and oxygen atoms in total. The molecule has 1 N–H and O–H groups in total. The highest BCUT2D eigenvalue weighted by Gasteiger charge is 2.12. The van der Waals surface area contributed by atoms with Gasteiger partial charge in [-0.15, -0.1) is 0 Å². The van der Waals surface area contributed by atoms with Crippen molar-refractivity contribution in [1.82, 2.24) is 5.32 Å². The fraction of sp³-hybridized carbons (Fsp3) is 0.333. The van der Waals surface area contributed by atoms with Gasteiger partial charge in [-0.2, -0.15) is 0 Å². The first kappa shape index (κ1) is 15.4. The molecule has 0 bridgehead atoms. The highest BCUT2D eigenvalue weighted by Crippen LogP contribution is 2.24. The summed E-state index contributed by atoms with van der Waals surface area (Å²) >= 11 is 0. The van der Waals surface area contributed by atoms with Crippen molar-refractivity contribution in [2.24, 2.45) is 0 Å². The molecule has 0 heterocycles. The first-order valence-electron chi connectivity index (χ1n) is 7.24. The van der Waals surface area contributed by atoms with Crippen molar-refractivity contribution in [3.63, 3.8) is 0 Å². The highest BCUT2D eigenvalue weighted by molar-refractivity contribution is 5.36. The van der Waals surface area contributed by atoms with Crippen molar-refractivity contribution >= 4 is 0 Å². The predicted octanol–water partition coefficient (Wildman–Crippen LogP) is 3.73. The van der Waals surface area contributed by atoms with Crippen molar-refractivity contribution in [2.45, 2.75) is 19.4 Å². The van der Waals surface area contributed by atoms with Gasteiger partial charge in [0.25, 0.3) is 0 Å². The Bertz CT molecular complexity index is 554. The number of nitrogens with one attached hydrogen (secondary N) is 1. The molecule has 0 saturated heterocycles. The van der Waals surface area contributed by atoms with Crippen molar-refractivity contribution in [3.05, 3.63) is 59.7 Å². The van der Waals surface area contributed by atoms with Gasteiger partial charge in [-0.1, -0.05) is 24.3 Å². The normalized spacial score (nSPS) is 12.0. The van der Waals surface area contributed by atoms with Gasteiger partial charge in [-0.3, -0.25) is 0 Å². The smallest absolute Gasteiger partial charge is 0.119 e. The van der Waals surface area contributed by atoms with Gasteiger partial charge in [0.1, 0.15) is 11.5 Å². The van der Waals surface area contributed by atoms with E-state index in [1.54, 1.807) is 7.11 Å².